The highest BCUT2D eigenvalue weighted by molar-refractivity contribution is 7.90. The van der Waals surface area contributed by atoms with Crippen molar-refractivity contribution in [3.8, 4) is 0 Å². The molecule has 0 bridgehead atoms. The number of nitrogens with zero attached hydrogens (tertiary/aromatic N) is 2. The Labute approximate surface area is 119 Å². The van der Waals surface area contributed by atoms with Crippen molar-refractivity contribution in [2.45, 2.75) is 24.7 Å². The number of sulfone groups is 1. The predicted molar refractivity (Wildman–Crippen MR) is 80.5 cm³/mol. The van der Waals surface area contributed by atoms with Crippen LogP contribution in [0.5, 0.6) is 0 Å². The Morgan fingerprint density at radius 2 is 2.00 bits per heavy atom. The first-order valence-electron chi connectivity index (χ1n) is 6.62. The smallest absolute Gasteiger partial charge is 0.175 e. The summed E-state index contributed by atoms with van der Waals surface area (Å²) < 4.78 is 25.2. The molecule has 0 radical (unpaired) electrons. The van der Waals surface area contributed by atoms with E-state index in [2.05, 4.69) is 18.8 Å². The van der Waals surface area contributed by atoms with Gasteiger partial charge in [-0.1, -0.05) is 13.8 Å². The van der Waals surface area contributed by atoms with Gasteiger partial charge in [-0.15, -0.1) is 0 Å². The van der Waals surface area contributed by atoms with Crippen molar-refractivity contribution in [2.24, 2.45) is 18.7 Å². The molecule has 2 aromatic rings. The molecule has 0 fully saturated rings. The maximum absolute atomic E-state index is 11.6. The maximum atomic E-state index is 11.6. The van der Waals surface area contributed by atoms with Crippen LogP contribution >= 0.6 is 0 Å². The fraction of sp³-hybridized carbons (Fsp3) is 0.500. The lowest BCUT2D eigenvalue weighted by Gasteiger charge is -2.18. The molecule has 1 unspecified atom stereocenters. The number of hydrogen-bond acceptors (Lipinski definition) is 4. The van der Waals surface area contributed by atoms with Crippen LogP contribution < -0.4 is 5.73 Å². The van der Waals surface area contributed by atoms with Gasteiger partial charge in [-0.25, -0.2) is 13.4 Å². The van der Waals surface area contributed by atoms with Crippen LogP contribution in [0.3, 0.4) is 0 Å². The van der Waals surface area contributed by atoms with E-state index in [1.165, 1.54) is 6.26 Å². The molecule has 0 saturated heterocycles. The maximum Gasteiger partial charge on any atom is 0.175 e. The number of aromatic nitrogens is 2. The van der Waals surface area contributed by atoms with E-state index in [0.29, 0.717) is 22.9 Å². The molecule has 0 aliphatic rings. The summed E-state index contributed by atoms with van der Waals surface area (Å²) in [5.74, 6) is 1.45. The molecule has 1 atom stereocenters. The summed E-state index contributed by atoms with van der Waals surface area (Å²) in [6.07, 6.45) is 1.20. The van der Waals surface area contributed by atoms with E-state index in [9.17, 15) is 8.42 Å². The molecule has 2 rings (SSSR count). The summed E-state index contributed by atoms with van der Waals surface area (Å²) in [5.41, 5.74) is 7.47. The second-order valence-corrected chi connectivity index (χ2v) is 7.55. The zero-order chi connectivity index (χ0) is 15.1. The first-order valence-corrected chi connectivity index (χ1v) is 8.51. The molecule has 0 spiro atoms. The second kappa shape index (κ2) is 5.18. The van der Waals surface area contributed by atoms with Crippen molar-refractivity contribution in [1.29, 1.82) is 0 Å². The zero-order valence-electron chi connectivity index (χ0n) is 12.3. The molecule has 5 nitrogen and oxygen atoms in total. The number of aryl methyl sites for hydroxylation is 1. The first kappa shape index (κ1) is 15.0. The average Bonchev–Trinajstić information content (AvgIpc) is 2.66. The standard InChI is InChI=1S/C14H21N3O2S/c1-9(2)11(8-15)14-16-12-7-10(20(4,18)19)5-6-13(12)17(14)3/h5-7,9,11H,8,15H2,1-4H3. The molecule has 1 aromatic carbocycles. The number of rotatable bonds is 4. The highest BCUT2D eigenvalue weighted by atomic mass is 32.2. The van der Waals surface area contributed by atoms with Crippen LogP contribution in [0, 0.1) is 5.92 Å². The molecule has 1 heterocycles. The fourth-order valence-electron chi connectivity index (χ4n) is 2.44. The van der Waals surface area contributed by atoms with E-state index in [-0.39, 0.29) is 5.92 Å². The summed E-state index contributed by atoms with van der Waals surface area (Å²) in [6.45, 7) is 4.74. The van der Waals surface area contributed by atoms with Gasteiger partial charge < -0.3 is 10.3 Å². The van der Waals surface area contributed by atoms with Gasteiger partial charge in [0.05, 0.1) is 15.9 Å². The minimum atomic E-state index is -3.21. The highest BCUT2D eigenvalue weighted by Crippen LogP contribution is 2.27. The Morgan fingerprint density at radius 1 is 1.35 bits per heavy atom. The van der Waals surface area contributed by atoms with Gasteiger partial charge in [0.15, 0.2) is 9.84 Å². The summed E-state index contributed by atoms with van der Waals surface area (Å²) in [6, 6.07) is 5.05. The summed E-state index contributed by atoms with van der Waals surface area (Å²) in [7, 11) is -1.27. The monoisotopic (exact) mass is 295 g/mol. The van der Waals surface area contributed by atoms with Crippen LogP contribution in [0.1, 0.15) is 25.6 Å². The largest absolute Gasteiger partial charge is 0.331 e. The molecule has 0 saturated carbocycles. The lowest BCUT2D eigenvalue weighted by molar-refractivity contribution is 0.474. The molecular formula is C14H21N3O2S. The lowest BCUT2D eigenvalue weighted by Crippen LogP contribution is -2.21. The van der Waals surface area contributed by atoms with Gasteiger partial charge >= 0.3 is 0 Å². The summed E-state index contributed by atoms with van der Waals surface area (Å²) in [5, 5.41) is 0. The van der Waals surface area contributed by atoms with Crippen molar-refractivity contribution in [3.05, 3.63) is 24.0 Å². The minimum Gasteiger partial charge on any atom is -0.331 e. The normalized spacial score (nSPS) is 14.1. The van der Waals surface area contributed by atoms with E-state index < -0.39 is 9.84 Å². The Hall–Kier alpha value is -1.40. The van der Waals surface area contributed by atoms with Crippen molar-refractivity contribution in [1.82, 2.24) is 9.55 Å². The SMILES string of the molecule is CC(C)C(CN)c1nc2cc(S(C)(=O)=O)ccc2n1C. The van der Waals surface area contributed by atoms with Gasteiger partial charge in [-0.3, -0.25) is 0 Å². The molecule has 0 amide bonds. The number of hydrogen-bond donors (Lipinski definition) is 1. The van der Waals surface area contributed by atoms with Crippen LogP contribution in [0.4, 0.5) is 0 Å². The van der Waals surface area contributed by atoms with Gasteiger partial charge in [-0.2, -0.15) is 0 Å². The van der Waals surface area contributed by atoms with Gasteiger partial charge in [0.1, 0.15) is 5.82 Å². The highest BCUT2D eigenvalue weighted by Gasteiger charge is 2.21. The van der Waals surface area contributed by atoms with Crippen molar-refractivity contribution in [2.75, 3.05) is 12.8 Å². The molecule has 2 N–H and O–H groups in total. The Bertz CT molecular complexity index is 732. The van der Waals surface area contributed by atoms with E-state index in [1.54, 1.807) is 18.2 Å². The molecule has 6 heteroatoms. The molecule has 0 aliphatic carbocycles. The number of benzene rings is 1. The minimum absolute atomic E-state index is 0.161. The Kier molecular flexibility index (Phi) is 3.88. The van der Waals surface area contributed by atoms with Gasteiger partial charge in [0, 0.05) is 25.8 Å². The fourth-order valence-corrected chi connectivity index (χ4v) is 3.08. The molecule has 110 valence electrons. The van der Waals surface area contributed by atoms with Crippen molar-refractivity contribution >= 4 is 20.9 Å². The summed E-state index contributed by atoms with van der Waals surface area (Å²) in [4.78, 5) is 4.89. The Balaban J connectivity index is 2.63. The van der Waals surface area contributed by atoms with Gasteiger partial charge in [0.25, 0.3) is 0 Å². The average molecular weight is 295 g/mol. The third-order valence-corrected chi connectivity index (χ3v) is 4.82. The lowest BCUT2D eigenvalue weighted by atomic mass is 9.95. The van der Waals surface area contributed by atoms with Crippen LogP contribution in [0.2, 0.25) is 0 Å². The topological polar surface area (TPSA) is 78.0 Å². The van der Waals surface area contributed by atoms with Crippen molar-refractivity contribution in [3.63, 3.8) is 0 Å². The number of nitrogens with two attached hydrogens (primary N) is 1. The zero-order valence-corrected chi connectivity index (χ0v) is 13.1. The molecule has 1 aromatic heterocycles. The van der Waals surface area contributed by atoms with E-state index >= 15 is 0 Å². The molecule has 20 heavy (non-hydrogen) atoms. The Morgan fingerprint density at radius 3 is 2.50 bits per heavy atom. The summed E-state index contributed by atoms with van der Waals surface area (Å²) >= 11 is 0. The van der Waals surface area contributed by atoms with E-state index in [4.69, 9.17) is 5.73 Å². The predicted octanol–water partition coefficient (Wildman–Crippen LogP) is 1.68. The molecular weight excluding hydrogens is 274 g/mol. The van der Waals surface area contributed by atoms with Crippen LogP contribution in [0.15, 0.2) is 23.1 Å². The van der Waals surface area contributed by atoms with Crippen LogP contribution in [0.25, 0.3) is 11.0 Å². The third-order valence-electron chi connectivity index (χ3n) is 3.71. The van der Waals surface area contributed by atoms with Gasteiger partial charge in [-0.05, 0) is 24.1 Å². The van der Waals surface area contributed by atoms with E-state index in [1.807, 2.05) is 11.6 Å². The van der Waals surface area contributed by atoms with Crippen LogP contribution in [-0.4, -0.2) is 30.8 Å². The second-order valence-electron chi connectivity index (χ2n) is 5.54. The van der Waals surface area contributed by atoms with Gasteiger partial charge in [0.2, 0.25) is 0 Å². The van der Waals surface area contributed by atoms with Crippen molar-refractivity contribution < 1.29 is 8.42 Å². The molecule has 0 aliphatic heterocycles. The third kappa shape index (κ3) is 2.58. The van der Waals surface area contributed by atoms with E-state index in [0.717, 1.165) is 11.3 Å². The number of imidazole rings is 1. The van der Waals surface area contributed by atoms with Crippen LogP contribution in [-0.2, 0) is 16.9 Å². The first-order chi connectivity index (χ1) is 9.25. The quantitative estimate of drug-likeness (QED) is 0.930. The number of fused-ring (bicyclic) bond motifs is 1.